The molecule has 6 heterocycles. The number of aromatic nitrogens is 7. The summed E-state index contributed by atoms with van der Waals surface area (Å²) >= 11 is 0. The average molecular weight is 537 g/mol. The highest BCUT2D eigenvalue weighted by molar-refractivity contribution is 5.96. The van der Waals surface area contributed by atoms with Crippen molar-refractivity contribution in [3.05, 3.63) is 67.0 Å². The van der Waals surface area contributed by atoms with E-state index >= 15 is 0 Å². The molecule has 0 bridgehead atoms. The SMILES string of the molecule is COc1cc(F)cc(-c2nccc3[nH]c(-c4n[nH]c5cnc(-c6cncc(OC7CCNCC7)c6)cc45)nc23)c1. The number of imidazole rings is 1. The van der Waals surface area contributed by atoms with Gasteiger partial charge in [0.05, 0.1) is 41.9 Å². The summed E-state index contributed by atoms with van der Waals surface area (Å²) in [6.45, 7) is 1.91. The number of piperidine rings is 1. The van der Waals surface area contributed by atoms with Crippen molar-refractivity contribution in [2.24, 2.45) is 0 Å². The minimum Gasteiger partial charge on any atom is -0.497 e. The number of hydrogen-bond donors (Lipinski definition) is 3. The predicted octanol–water partition coefficient (Wildman–Crippen LogP) is 4.90. The molecule has 0 spiro atoms. The van der Waals surface area contributed by atoms with Crippen molar-refractivity contribution < 1.29 is 13.9 Å². The van der Waals surface area contributed by atoms with Gasteiger partial charge in [-0.3, -0.25) is 20.1 Å². The van der Waals surface area contributed by atoms with Gasteiger partial charge in [-0.1, -0.05) is 0 Å². The number of pyridine rings is 3. The number of benzene rings is 1. The first-order valence-corrected chi connectivity index (χ1v) is 13.0. The Hall–Kier alpha value is -4.90. The van der Waals surface area contributed by atoms with Crippen LogP contribution in [0.4, 0.5) is 4.39 Å². The first-order chi connectivity index (χ1) is 19.6. The molecule has 11 heteroatoms. The molecule has 1 saturated heterocycles. The van der Waals surface area contributed by atoms with Gasteiger partial charge in [0.2, 0.25) is 0 Å². The quantitative estimate of drug-likeness (QED) is 0.274. The highest BCUT2D eigenvalue weighted by Crippen LogP contribution is 2.33. The van der Waals surface area contributed by atoms with E-state index in [9.17, 15) is 4.39 Å². The first-order valence-electron chi connectivity index (χ1n) is 13.0. The summed E-state index contributed by atoms with van der Waals surface area (Å²) in [7, 11) is 1.50. The molecule has 0 unspecified atom stereocenters. The third kappa shape index (κ3) is 4.50. The number of nitrogens with one attached hydrogen (secondary N) is 3. The summed E-state index contributed by atoms with van der Waals surface area (Å²) in [5.41, 5.74) is 5.44. The number of nitrogens with zero attached hydrogens (tertiary/aromatic N) is 5. The van der Waals surface area contributed by atoms with E-state index in [0.717, 1.165) is 59.4 Å². The molecule has 1 aliphatic heterocycles. The zero-order valence-corrected chi connectivity index (χ0v) is 21.6. The number of H-pyrrole nitrogens is 2. The lowest BCUT2D eigenvalue weighted by Gasteiger charge is -2.23. The summed E-state index contributed by atoms with van der Waals surface area (Å²) in [6, 6.07) is 10.2. The lowest BCUT2D eigenvalue weighted by atomic mass is 10.1. The Labute approximate surface area is 228 Å². The Morgan fingerprint density at radius 2 is 1.77 bits per heavy atom. The molecule has 3 N–H and O–H groups in total. The lowest BCUT2D eigenvalue weighted by Crippen LogP contribution is -2.34. The summed E-state index contributed by atoms with van der Waals surface area (Å²) in [5, 5.41) is 11.8. The van der Waals surface area contributed by atoms with Gasteiger partial charge < -0.3 is 19.8 Å². The fourth-order valence-corrected chi connectivity index (χ4v) is 5.06. The predicted molar refractivity (Wildman–Crippen MR) is 148 cm³/mol. The van der Waals surface area contributed by atoms with Crippen LogP contribution in [0.25, 0.3) is 56.0 Å². The molecule has 1 fully saturated rings. The van der Waals surface area contributed by atoms with Gasteiger partial charge in [0.15, 0.2) is 5.82 Å². The summed E-state index contributed by atoms with van der Waals surface area (Å²) < 4.78 is 25.7. The molecule has 0 saturated carbocycles. The van der Waals surface area contributed by atoms with Crippen LogP contribution >= 0.6 is 0 Å². The van der Waals surface area contributed by atoms with Gasteiger partial charge in [-0.25, -0.2) is 9.37 Å². The Morgan fingerprint density at radius 3 is 2.65 bits per heavy atom. The molecular weight excluding hydrogens is 511 g/mol. The zero-order chi connectivity index (χ0) is 27.1. The van der Waals surface area contributed by atoms with Crippen molar-refractivity contribution in [2.45, 2.75) is 18.9 Å². The third-order valence-corrected chi connectivity index (χ3v) is 7.05. The van der Waals surface area contributed by atoms with Crippen LogP contribution in [0.5, 0.6) is 11.5 Å². The Bertz CT molecular complexity index is 1840. The van der Waals surface area contributed by atoms with Crippen LogP contribution in [0.15, 0.2) is 61.2 Å². The van der Waals surface area contributed by atoms with Gasteiger partial charge >= 0.3 is 0 Å². The molecule has 0 aliphatic carbocycles. The molecular formula is C29H25FN8O2. The Morgan fingerprint density at radius 1 is 0.900 bits per heavy atom. The summed E-state index contributed by atoms with van der Waals surface area (Å²) in [5.74, 6) is 1.27. The molecule has 0 amide bonds. The maximum absolute atomic E-state index is 14.3. The van der Waals surface area contributed by atoms with Crippen molar-refractivity contribution in [3.63, 3.8) is 0 Å². The second kappa shape index (κ2) is 10.0. The Kier molecular flexibility index (Phi) is 6.05. The van der Waals surface area contributed by atoms with E-state index in [1.165, 1.54) is 19.2 Å². The maximum Gasteiger partial charge on any atom is 0.159 e. The third-order valence-electron chi connectivity index (χ3n) is 7.05. The zero-order valence-electron chi connectivity index (χ0n) is 21.6. The molecule has 0 radical (unpaired) electrons. The second-order valence-corrected chi connectivity index (χ2v) is 9.68. The van der Waals surface area contributed by atoms with Crippen LogP contribution in [-0.4, -0.2) is 61.4 Å². The number of hydrogen-bond acceptors (Lipinski definition) is 8. The van der Waals surface area contributed by atoms with E-state index in [4.69, 9.17) is 14.5 Å². The molecule has 7 rings (SSSR count). The maximum atomic E-state index is 14.3. The van der Waals surface area contributed by atoms with Crippen LogP contribution in [0.1, 0.15) is 12.8 Å². The molecule has 5 aromatic heterocycles. The van der Waals surface area contributed by atoms with Gasteiger partial charge in [0.25, 0.3) is 0 Å². The number of fused-ring (bicyclic) bond motifs is 2. The second-order valence-electron chi connectivity index (χ2n) is 9.68. The van der Waals surface area contributed by atoms with Gasteiger partial charge in [-0.2, -0.15) is 5.10 Å². The first kappa shape index (κ1) is 24.2. The standard InChI is InChI=1S/C29H25FN8O2/c1-39-20-9-16(8-18(30)11-20)26-28-23(4-7-33-26)35-29(36-28)27-22-12-24(34-15-25(22)37-38-27)17-10-21(14-32-13-17)40-19-2-5-31-6-3-19/h4,7-15,19,31H,2-3,5-6H2,1H3,(H,35,36)(H,37,38). The number of methoxy groups -OCH3 is 1. The van der Waals surface area contributed by atoms with E-state index in [-0.39, 0.29) is 6.10 Å². The van der Waals surface area contributed by atoms with E-state index < -0.39 is 5.82 Å². The smallest absolute Gasteiger partial charge is 0.159 e. The largest absolute Gasteiger partial charge is 0.497 e. The van der Waals surface area contributed by atoms with Gasteiger partial charge in [-0.15, -0.1) is 0 Å². The number of halogens is 1. The molecule has 1 aliphatic rings. The lowest BCUT2D eigenvalue weighted by molar-refractivity contribution is 0.162. The van der Waals surface area contributed by atoms with Gasteiger partial charge in [0, 0.05) is 35.0 Å². The van der Waals surface area contributed by atoms with Crippen molar-refractivity contribution in [3.8, 4) is 45.5 Å². The van der Waals surface area contributed by atoms with Crippen molar-refractivity contribution in [2.75, 3.05) is 20.2 Å². The number of ether oxygens (including phenoxy) is 2. The summed E-state index contributed by atoms with van der Waals surface area (Å²) in [6.07, 6.45) is 9.03. The van der Waals surface area contributed by atoms with Crippen LogP contribution in [0, 0.1) is 5.82 Å². The minimum atomic E-state index is -0.415. The van der Waals surface area contributed by atoms with Crippen molar-refractivity contribution >= 4 is 21.9 Å². The molecule has 1 aromatic carbocycles. The highest BCUT2D eigenvalue weighted by atomic mass is 19.1. The van der Waals surface area contributed by atoms with Crippen molar-refractivity contribution in [1.82, 2.24) is 40.4 Å². The van der Waals surface area contributed by atoms with Crippen LogP contribution in [0.3, 0.4) is 0 Å². The van der Waals surface area contributed by atoms with Crippen molar-refractivity contribution in [1.29, 1.82) is 0 Å². The van der Waals surface area contributed by atoms with E-state index in [1.54, 1.807) is 30.9 Å². The minimum absolute atomic E-state index is 0.176. The van der Waals surface area contributed by atoms with Crippen LogP contribution in [-0.2, 0) is 0 Å². The van der Waals surface area contributed by atoms with Gasteiger partial charge in [0.1, 0.15) is 34.6 Å². The normalized spacial score (nSPS) is 14.2. The molecule has 0 atom stereocenters. The van der Waals surface area contributed by atoms with Crippen LogP contribution < -0.4 is 14.8 Å². The fourth-order valence-electron chi connectivity index (χ4n) is 5.06. The topological polar surface area (TPSA) is 127 Å². The monoisotopic (exact) mass is 536 g/mol. The molecule has 10 nitrogen and oxygen atoms in total. The highest BCUT2D eigenvalue weighted by Gasteiger charge is 2.19. The number of aromatic amines is 2. The van der Waals surface area contributed by atoms with E-state index in [1.807, 2.05) is 18.2 Å². The van der Waals surface area contributed by atoms with Gasteiger partial charge in [-0.05, 0) is 56.3 Å². The fraction of sp³-hybridized carbons (Fsp3) is 0.207. The molecule has 6 aromatic rings. The van der Waals surface area contributed by atoms with E-state index in [2.05, 4.69) is 35.5 Å². The average Bonchev–Trinajstić information content (AvgIpc) is 3.61. The summed E-state index contributed by atoms with van der Waals surface area (Å²) in [4.78, 5) is 21.7. The molecule has 200 valence electrons. The van der Waals surface area contributed by atoms with E-state index in [0.29, 0.717) is 34.0 Å². The molecule has 40 heavy (non-hydrogen) atoms. The number of rotatable bonds is 6. The van der Waals surface area contributed by atoms with Crippen LogP contribution in [0.2, 0.25) is 0 Å². The Balaban J connectivity index is 1.26.